The third-order valence-corrected chi connectivity index (χ3v) is 2.98. The van der Waals surface area contributed by atoms with Crippen LogP contribution in [0.25, 0.3) is 0 Å². The Bertz CT molecular complexity index is 343. The second-order valence-electron chi connectivity index (χ2n) is 5.57. The topological polar surface area (TPSA) is 84.5 Å². The van der Waals surface area contributed by atoms with Gasteiger partial charge in [0.2, 0.25) is 11.8 Å². The first-order valence-corrected chi connectivity index (χ1v) is 7.48. The molecule has 6 heteroatoms. The fourth-order valence-electron chi connectivity index (χ4n) is 1.95. The first-order valence-electron chi connectivity index (χ1n) is 7.48. The number of unbranched alkanes of at least 4 members (excludes halogenated alkanes) is 2. The molecular formula is C15H28N2O4. The molecule has 0 aliphatic carbocycles. The molecule has 2 N–H and O–H groups in total. The van der Waals surface area contributed by atoms with E-state index in [0.29, 0.717) is 25.3 Å². The summed E-state index contributed by atoms with van der Waals surface area (Å²) < 4.78 is 4.70. The van der Waals surface area contributed by atoms with Crippen molar-refractivity contribution in [3.05, 3.63) is 0 Å². The van der Waals surface area contributed by atoms with Crippen LogP contribution in [-0.4, -0.2) is 37.5 Å². The fourth-order valence-corrected chi connectivity index (χ4v) is 1.95. The van der Waals surface area contributed by atoms with Gasteiger partial charge in [0.15, 0.2) is 0 Å². The van der Waals surface area contributed by atoms with Crippen molar-refractivity contribution >= 4 is 17.8 Å². The highest BCUT2D eigenvalue weighted by molar-refractivity contribution is 5.84. The minimum absolute atomic E-state index is 0.0395. The highest BCUT2D eigenvalue weighted by atomic mass is 16.5. The normalized spacial score (nSPS) is 11.9. The van der Waals surface area contributed by atoms with Gasteiger partial charge in [-0.15, -0.1) is 0 Å². The van der Waals surface area contributed by atoms with Crippen molar-refractivity contribution in [2.45, 2.75) is 58.9 Å². The summed E-state index contributed by atoms with van der Waals surface area (Å²) in [5.41, 5.74) is 0. The second-order valence-corrected chi connectivity index (χ2v) is 5.57. The first-order chi connectivity index (χ1) is 9.86. The van der Waals surface area contributed by atoms with Crippen LogP contribution < -0.4 is 10.6 Å². The Morgan fingerprint density at radius 1 is 1.10 bits per heavy atom. The maximum Gasteiger partial charge on any atom is 0.328 e. The first kappa shape index (κ1) is 19.4. The molecule has 1 unspecified atom stereocenters. The molecule has 0 aromatic carbocycles. The number of amides is 2. The third-order valence-electron chi connectivity index (χ3n) is 2.98. The summed E-state index contributed by atoms with van der Waals surface area (Å²) in [6.45, 7) is 6.10. The van der Waals surface area contributed by atoms with E-state index >= 15 is 0 Å². The molecule has 0 bridgehead atoms. The molecule has 0 aliphatic rings. The van der Waals surface area contributed by atoms with Crippen molar-refractivity contribution in [3.8, 4) is 0 Å². The summed E-state index contributed by atoms with van der Waals surface area (Å²) >= 11 is 0. The van der Waals surface area contributed by atoms with E-state index in [0.717, 1.165) is 19.3 Å². The molecule has 0 heterocycles. The number of nitrogens with one attached hydrogen (secondary N) is 2. The van der Waals surface area contributed by atoms with E-state index in [2.05, 4.69) is 10.6 Å². The van der Waals surface area contributed by atoms with Gasteiger partial charge < -0.3 is 15.4 Å². The molecule has 0 saturated carbocycles. The maximum atomic E-state index is 11.8. The minimum Gasteiger partial charge on any atom is -0.467 e. The Hall–Kier alpha value is -1.59. The Balaban J connectivity index is 3.92. The van der Waals surface area contributed by atoms with Crippen LogP contribution in [0.4, 0.5) is 0 Å². The molecule has 0 spiro atoms. The van der Waals surface area contributed by atoms with Crippen LogP contribution in [0.5, 0.6) is 0 Å². The molecule has 2 amide bonds. The lowest BCUT2D eigenvalue weighted by Gasteiger charge is -2.18. The van der Waals surface area contributed by atoms with Crippen molar-refractivity contribution < 1.29 is 19.1 Å². The molecule has 0 aromatic rings. The molecule has 0 radical (unpaired) electrons. The van der Waals surface area contributed by atoms with Crippen molar-refractivity contribution in [1.29, 1.82) is 0 Å². The van der Waals surface area contributed by atoms with E-state index in [9.17, 15) is 14.4 Å². The summed E-state index contributed by atoms with van der Waals surface area (Å²) in [6, 6.07) is -0.568. The molecule has 0 fully saturated rings. The van der Waals surface area contributed by atoms with Gasteiger partial charge in [-0.1, -0.05) is 20.3 Å². The lowest BCUT2D eigenvalue weighted by molar-refractivity contribution is -0.145. The smallest absolute Gasteiger partial charge is 0.328 e. The molecule has 0 aromatic heterocycles. The maximum absolute atomic E-state index is 11.8. The van der Waals surface area contributed by atoms with Crippen molar-refractivity contribution in [1.82, 2.24) is 10.6 Å². The van der Waals surface area contributed by atoms with Gasteiger partial charge in [0.25, 0.3) is 0 Å². The highest BCUT2D eigenvalue weighted by Gasteiger charge is 2.22. The number of hydrogen-bond donors (Lipinski definition) is 2. The van der Waals surface area contributed by atoms with E-state index < -0.39 is 12.0 Å². The van der Waals surface area contributed by atoms with Crippen LogP contribution in [0.15, 0.2) is 0 Å². The SMILES string of the molecule is COC(=O)C(CC(C)C)NC(=O)CCCCCNC(C)=O. The number of carbonyl (C=O) groups excluding carboxylic acids is 3. The highest BCUT2D eigenvalue weighted by Crippen LogP contribution is 2.07. The number of hydrogen-bond acceptors (Lipinski definition) is 4. The Morgan fingerprint density at radius 3 is 2.29 bits per heavy atom. The average Bonchev–Trinajstić information content (AvgIpc) is 2.40. The zero-order valence-corrected chi connectivity index (χ0v) is 13.5. The summed E-state index contributed by atoms with van der Waals surface area (Å²) in [5, 5.41) is 5.43. The van der Waals surface area contributed by atoms with Gasteiger partial charge in [-0.05, 0) is 25.2 Å². The average molecular weight is 300 g/mol. The summed E-state index contributed by atoms with van der Waals surface area (Å²) in [4.78, 5) is 34.1. The predicted molar refractivity (Wildman–Crippen MR) is 80.6 cm³/mol. The van der Waals surface area contributed by atoms with Gasteiger partial charge in [-0.3, -0.25) is 9.59 Å². The van der Waals surface area contributed by atoms with Gasteiger partial charge in [0.05, 0.1) is 7.11 Å². The van der Waals surface area contributed by atoms with Crippen LogP contribution in [0, 0.1) is 5.92 Å². The summed E-state index contributed by atoms with van der Waals surface area (Å²) in [7, 11) is 1.32. The van der Waals surface area contributed by atoms with Crippen LogP contribution in [-0.2, 0) is 19.1 Å². The Kier molecular flexibility index (Phi) is 10.3. The molecule has 122 valence electrons. The fraction of sp³-hybridized carbons (Fsp3) is 0.800. The van der Waals surface area contributed by atoms with Crippen LogP contribution in [0.2, 0.25) is 0 Å². The molecule has 0 aliphatic heterocycles. The molecule has 0 rings (SSSR count). The second kappa shape index (κ2) is 11.1. The van der Waals surface area contributed by atoms with Crippen molar-refractivity contribution in [2.24, 2.45) is 5.92 Å². The zero-order chi connectivity index (χ0) is 16.3. The zero-order valence-electron chi connectivity index (χ0n) is 13.5. The van der Waals surface area contributed by atoms with Gasteiger partial charge >= 0.3 is 5.97 Å². The Morgan fingerprint density at radius 2 is 1.76 bits per heavy atom. The molecule has 1 atom stereocenters. The minimum atomic E-state index is -0.568. The van der Waals surface area contributed by atoms with E-state index in [1.165, 1.54) is 14.0 Å². The van der Waals surface area contributed by atoms with Gasteiger partial charge in [-0.2, -0.15) is 0 Å². The monoisotopic (exact) mass is 300 g/mol. The van der Waals surface area contributed by atoms with Crippen molar-refractivity contribution in [2.75, 3.05) is 13.7 Å². The standard InChI is InChI=1S/C15H28N2O4/c1-11(2)10-13(15(20)21-4)17-14(19)8-6-5-7-9-16-12(3)18/h11,13H,5-10H2,1-4H3,(H,16,18)(H,17,19). The van der Waals surface area contributed by atoms with E-state index in [1.807, 2.05) is 13.8 Å². The molecule has 6 nitrogen and oxygen atoms in total. The number of ether oxygens (including phenoxy) is 1. The van der Waals surface area contributed by atoms with Gasteiger partial charge in [0, 0.05) is 19.9 Å². The third kappa shape index (κ3) is 10.8. The molecule has 21 heavy (non-hydrogen) atoms. The number of esters is 1. The quantitative estimate of drug-likeness (QED) is 0.471. The number of carbonyl (C=O) groups is 3. The van der Waals surface area contributed by atoms with E-state index in [-0.39, 0.29) is 11.8 Å². The summed E-state index contributed by atoms with van der Waals surface area (Å²) in [5.74, 6) is -0.275. The van der Waals surface area contributed by atoms with Crippen LogP contribution in [0.1, 0.15) is 52.9 Å². The van der Waals surface area contributed by atoms with E-state index in [1.54, 1.807) is 0 Å². The molecule has 0 saturated heterocycles. The van der Waals surface area contributed by atoms with E-state index in [4.69, 9.17) is 4.74 Å². The lowest BCUT2D eigenvalue weighted by atomic mass is 10.0. The molecular weight excluding hydrogens is 272 g/mol. The van der Waals surface area contributed by atoms with Gasteiger partial charge in [0.1, 0.15) is 6.04 Å². The number of methoxy groups -OCH3 is 1. The lowest BCUT2D eigenvalue weighted by Crippen LogP contribution is -2.42. The number of rotatable bonds is 10. The van der Waals surface area contributed by atoms with Gasteiger partial charge in [-0.25, -0.2) is 4.79 Å². The Labute approximate surface area is 127 Å². The summed E-state index contributed by atoms with van der Waals surface area (Å²) in [6.07, 6.45) is 3.40. The largest absolute Gasteiger partial charge is 0.467 e. The van der Waals surface area contributed by atoms with Crippen molar-refractivity contribution in [3.63, 3.8) is 0 Å². The van der Waals surface area contributed by atoms with Crippen LogP contribution in [0.3, 0.4) is 0 Å². The predicted octanol–water partition coefficient (Wildman–Crippen LogP) is 1.39. The van der Waals surface area contributed by atoms with Crippen LogP contribution >= 0.6 is 0 Å².